The lowest BCUT2D eigenvalue weighted by atomic mass is 10.0. The first-order valence-electron chi connectivity index (χ1n) is 15.3. The molecule has 0 radical (unpaired) electrons. The van der Waals surface area contributed by atoms with Gasteiger partial charge in [0.1, 0.15) is 0 Å². The van der Waals surface area contributed by atoms with Crippen LogP contribution < -0.4 is 0 Å². The fraction of sp³-hybridized carbons (Fsp3) is 0. The van der Waals surface area contributed by atoms with E-state index in [0.717, 1.165) is 31.1 Å². The lowest BCUT2D eigenvalue weighted by molar-refractivity contribution is -0.384. The molecule has 0 amide bonds. The topological polar surface area (TPSA) is 68.8 Å². The minimum Gasteiger partial charge on any atom is -0.354 e. The molecule has 48 heavy (non-hydrogen) atoms. The average molecular weight is 754 g/mol. The first kappa shape index (κ1) is 29.9. The number of halogens is 2. The van der Waals surface area contributed by atoms with E-state index in [1.54, 1.807) is 12.1 Å². The van der Waals surface area contributed by atoms with Crippen molar-refractivity contribution >= 4 is 81.2 Å². The van der Waals surface area contributed by atoms with E-state index in [1.165, 1.54) is 44.5 Å². The van der Waals surface area contributed by atoms with Gasteiger partial charge in [0, 0.05) is 65.8 Å². The van der Waals surface area contributed by atoms with Gasteiger partial charge in [-0.3, -0.25) is 10.1 Å². The molecule has 9 aromatic rings. The van der Waals surface area contributed by atoms with Crippen molar-refractivity contribution in [2.45, 2.75) is 0 Å². The number of benzene rings is 6. The smallest absolute Gasteiger partial charge is 0.277 e. The number of hydrogen-bond acceptors (Lipinski definition) is 2. The fourth-order valence-corrected chi connectivity index (χ4v) is 7.12. The van der Waals surface area contributed by atoms with Crippen LogP contribution in [0.5, 0.6) is 0 Å². The second-order valence-electron chi connectivity index (χ2n) is 11.5. The third-order valence-electron chi connectivity index (χ3n) is 8.63. The van der Waals surface area contributed by atoms with Gasteiger partial charge in [0.2, 0.25) is 0 Å². The second-order valence-corrected chi connectivity index (χ2v) is 13.3. The normalized spacial score (nSPS) is 11.3. The molecule has 232 valence electrons. The van der Waals surface area contributed by atoms with E-state index < -0.39 is 0 Å². The van der Waals surface area contributed by atoms with E-state index in [9.17, 15) is 10.1 Å². The highest BCUT2D eigenvalue weighted by Crippen LogP contribution is 2.36. The number of H-pyrrole nitrogens is 1. The van der Waals surface area contributed by atoms with Crippen molar-refractivity contribution in [3.63, 3.8) is 0 Å². The summed E-state index contributed by atoms with van der Waals surface area (Å²) in [6, 6.07) is 46.4. The van der Waals surface area contributed by atoms with E-state index in [1.807, 2.05) is 66.9 Å². The summed E-state index contributed by atoms with van der Waals surface area (Å²) in [5.74, 6) is 0. The van der Waals surface area contributed by atoms with Gasteiger partial charge < -0.3 is 14.1 Å². The van der Waals surface area contributed by atoms with Crippen molar-refractivity contribution in [2.75, 3.05) is 0 Å². The van der Waals surface area contributed by atoms with E-state index in [2.05, 4.69) is 113 Å². The predicted octanol–water partition coefficient (Wildman–Crippen LogP) is 12.0. The van der Waals surface area contributed by atoms with Crippen molar-refractivity contribution in [2.24, 2.45) is 0 Å². The number of nitrogens with one attached hydrogen (secondary N) is 1. The van der Waals surface area contributed by atoms with Crippen LogP contribution in [0.2, 0.25) is 0 Å². The number of para-hydroxylation sites is 2. The summed E-state index contributed by atoms with van der Waals surface area (Å²) >= 11 is 6.97. The Hall–Kier alpha value is -5.44. The number of aromatic nitrogens is 3. The van der Waals surface area contributed by atoms with Gasteiger partial charge in [-0.1, -0.05) is 80.4 Å². The molecule has 9 rings (SSSR count). The van der Waals surface area contributed by atoms with E-state index >= 15 is 0 Å². The number of nitro groups is 1. The van der Waals surface area contributed by atoms with Gasteiger partial charge in [0.05, 0.1) is 27.0 Å². The average Bonchev–Trinajstić information content (AvgIpc) is 3.84. The Morgan fingerprint density at radius 2 is 1.23 bits per heavy atom. The van der Waals surface area contributed by atoms with Crippen LogP contribution in [0.1, 0.15) is 0 Å². The lowest BCUT2D eigenvalue weighted by Gasteiger charge is -2.07. The van der Waals surface area contributed by atoms with Crippen molar-refractivity contribution in [1.29, 1.82) is 0 Å². The molecule has 3 aromatic heterocycles. The van der Waals surface area contributed by atoms with Crippen molar-refractivity contribution in [1.82, 2.24) is 14.1 Å². The molecule has 1 N–H and O–H groups in total. The van der Waals surface area contributed by atoms with Crippen LogP contribution in [0, 0.1) is 10.1 Å². The number of aromatic amines is 1. The molecule has 3 heterocycles. The van der Waals surface area contributed by atoms with Gasteiger partial charge in [-0.2, -0.15) is 0 Å². The van der Waals surface area contributed by atoms with Crippen LogP contribution in [-0.2, 0) is 0 Å². The Balaban J connectivity index is 0.000000140. The molecule has 0 saturated heterocycles. The highest BCUT2D eigenvalue weighted by atomic mass is 79.9. The molecule has 0 unspecified atom stereocenters. The molecule has 6 aromatic carbocycles. The van der Waals surface area contributed by atoms with E-state index in [-0.39, 0.29) is 10.6 Å². The Kier molecular flexibility index (Phi) is 7.67. The molecule has 0 saturated carbocycles. The summed E-state index contributed by atoms with van der Waals surface area (Å²) < 4.78 is 6.26. The molecular weight excluding hydrogens is 728 g/mol. The third kappa shape index (κ3) is 5.39. The van der Waals surface area contributed by atoms with E-state index in [0.29, 0.717) is 5.56 Å². The van der Waals surface area contributed by atoms with Gasteiger partial charge in [-0.15, -0.1) is 0 Å². The molecule has 0 fully saturated rings. The summed E-state index contributed by atoms with van der Waals surface area (Å²) in [6.45, 7) is 0. The van der Waals surface area contributed by atoms with Crippen molar-refractivity contribution < 1.29 is 4.92 Å². The maximum absolute atomic E-state index is 11.3. The zero-order valence-corrected chi connectivity index (χ0v) is 28.5. The summed E-state index contributed by atoms with van der Waals surface area (Å²) in [6.07, 6.45) is 4.15. The van der Waals surface area contributed by atoms with Gasteiger partial charge in [-0.05, 0) is 90.5 Å². The maximum Gasteiger partial charge on any atom is 0.277 e. The molecule has 0 bridgehead atoms. The largest absolute Gasteiger partial charge is 0.354 e. The van der Waals surface area contributed by atoms with Gasteiger partial charge >= 0.3 is 0 Å². The zero-order valence-electron chi connectivity index (χ0n) is 25.3. The molecule has 6 nitrogen and oxygen atoms in total. The quantitative estimate of drug-likeness (QED) is 0.144. The van der Waals surface area contributed by atoms with Crippen LogP contribution in [0.15, 0.2) is 161 Å². The summed E-state index contributed by atoms with van der Waals surface area (Å²) in [4.78, 5) is 14.6. The number of rotatable bonds is 4. The van der Waals surface area contributed by atoms with Crippen LogP contribution in [0.3, 0.4) is 0 Å². The van der Waals surface area contributed by atoms with E-state index in [4.69, 9.17) is 0 Å². The second kappa shape index (κ2) is 12.3. The number of nitrogens with zero attached hydrogens (tertiary/aromatic N) is 3. The highest BCUT2D eigenvalue weighted by Gasteiger charge is 2.17. The third-order valence-corrected chi connectivity index (χ3v) is 9.62. The molecule has 0 spiro atoms. The van der Waals surface area contributed by atoms with Crippen LogP contribution in [0.4, 0.5) is 5.69 Å². The van der Waals surface area contributed by atoms with Crippen LogP contribution in [-0.4, -0.2) is 19.0 Å². The molecule has 0 atom stereocenters. The summed E-state index contributed by atoms with van der Waals surface area (Å²) in [5, 5.41) is 16.1. The molecule has 0 aliphatic rings. The fourth-order valence-electron chi connectivity index (χ4n) is 6.40. The molecular formula is C40H26Br2N4O2. The summed E-state index contributed by atoms with van der Waals surface area (Å²) in [7, 11) is 0. The summed E-state index contributed by atoms with van der Waals surface area (Å²) in [5.41, 5.74) is 8.44. The van der Waals surface area contributed by atoms with Gasteiger partial charge in [-0.25, -0.2) is 0 Å². The van der Waals surface area contributed by atoms with Crippen molar-refractivity contribution in [3.05, 3.63) is 171 Å². The molecule has 0 aliphatic heterocycles. The maximum atomic E-state index is 11.3. The Morgan fingerprint density at radius 1 is 0.583 bits per heavy atom. The standard InChI is InChI=1S/C20H13BrN2O2.C20H13BrN2/c21-16-7-9-20(23(24)25)18(13-16)14-6-8-19-15(12-14)10-11-22(19)17-4-2-1-3-5-17;21-13-6-8-18-17(12-13)15-7-9-19-16(20(15)22-18)10-11-23(19)14-4-2-1-3-5-14/h1-13H;1-12,22H. The predicted molar refractivity (Wildman–Crippen MR) is 203 cm³/mol. The minimum absolute atomic E-state index is 0.102. The molecule has 0 aliphatic carbocycles. The first-order chi connectivity index (χ1) is 23.4. The Morgan fingerprint density at radius 3 is 1.96 bits per heavy atom. The van der Waals surface area contributed by atoms with Gasteiger partial charge in [0.15, 0.2) is 0 Å². The van der Waals surface area contributed by atoms with Crippen LogP contribution >= 0.6 is 31.9 Å². The SMILES string of the molecule is Brc1ccc2[nH]c3c(ccc4c3ccn4-c3ccccc3)c2c1.O=[N+]([O-])c1ccc(Br)cc1-c1ccc2c(ccn2-c2ccccc2)c1. The number of fused-ring (bicyclic) bond motifs is 6. The van der Waals surface area contributed by atoms with Crippen molar-refractivity contribution in [3.8, 4) is 22.5 Å². The van der Waals surface area contributed by atoms with Gasteiger partial charge in [0.25, 0.3) is 5.69 Å². The number of nitro benzene ring substituents is 1. The lowest BCUT2D eigenvalue weighted by Crippen LogP contribution is -1.93. The Labute approximate surface area is 292 Å². The molecule has 8 heteroatoms. The highest BCUT2D eigenvalue weighted by molar-refractivity contribution is 9.10. The Bertz CT molecular complexity index is 2620. The monoisotopic (exact) mass is 752 g/mol. The first-order valence-corrected chi connectivity index (χ1v) is 16.9. The number of hydrogen-bond donors (Lipinski definition) is 1. The zero-order chi connectivity index (χ0) is 32.8. The minimum atomic E-state index is -0.346. The van der Waals surface area contributed by atoms with Crippen LogP contribution in [0.25, 0.3) is 66.1 Å².